The van der Waals surface area contributed by atoms with E-state index in [1.807, 2.05) is 24.3 Å². The molecule has 3 aromatic rings. The lowest BCUT2D eigenvalue weighted by molar-refractivity contribution is 0.277. The van der Waals surface area contributed by atoms with Crippen LogP contribution in [-0.2, 0) is 13.2 Å². The summed E-state index contributed by atoms with van der Waals surface area (Å²) in [5, 5.41) is 12.7. The minimum absolute atomic E-state index is 0.0460. The van der Waals surface area contributed by atoms with Gasteiger partial charge >= 0.3 is 0 Å². The molecule has 0 aliphatic carbocycles. The zero-order valence-corrected chi connectivity index (χ0v) is 14.0. The lowest BCUT2D eigenvalue weighted by atomic mass is 10.1. The molecule has 0 radical (unpaired) electrons. The van der Waals surface area contributed by atoms with Crippen LogP contribution in [0.25, 0.3) is 10.9 Å². The van der Waals surface area contributed by atoms with Crippen LogP contribution < -0.4 is 4.90 Å². The van der Waals surface area contributed by atoms with Gasteiger partial charge in [0.25, 0.3) is 0 Å². The molecule has 0 saturated heterocycles. The van der Waals surface area contributed by atoms with Crippen LogP contribution in [0.2, 0.25) is 0 Å². The van der Waals surface area contributed by atoms with Crippen LogP contribution in [0.15, 0.2) is 45.6 Å². The van der Waals surface area contributed by atoms with E-state index in [4.69, 9.17) is 0 Å². The number of hydrogen-bond acceptors (Lipinski definition) is 4. The molecule has 0 unspecified atom stereocenters. The van der Waals surface area contributed by atoms with Crippen molar-refractivity contribution >= 4 is 43.9 Å². The molecule has 2 heterocycles. The maximum atomic E-state index is 9.41. The van der Waals surface area contributed by atoms with Crippen molar-refractivity contribution in [2.24, 2.45) is 0 Å². The van der Waals surface area contributed by atoms with Gasteiger partial charge in [0.1, 0.15) is 0 Å². The van der Waals surface area contributed by atoms with Gasteiger partial charge in [-0.15, -0.1) is 11.3 Å². The van der Waals surface area contributed by atoms with Crippen molar-refractivity contribution in [1.82, 2.24) is 4.98 Å². The van der Waals surface area contributed by atoms with Gasteiger partial charge in [-0.1, -0.05) is 18.2 Å². The highest BCUT2D eigenvalue weighted by atomic mass is 79.9. The summed E-state index contributed by atoms with van der Waals surface area (Å²) in [5.74, 6) is 0. The van der Waals surface area contributed by atoms with Gasteiger partial charge < -0.3 is 10.0 Å². The second kappa shape index (κ2) is 6.13. The third-order valence-electron chi connectivity index (χ3n) is 3.36. The molecule has 2 aromatic heterocycles. The molecule has 0 bridgehead atoms. The predicted molar refractivity (Wildman–Crippen MR) is 91.8 cm³/mol. The number of rotatable bonds is 4. The number of benzene rings is 1. The van der Waals surface area contributed by atoms with Gasteiger partial charge in [-0.25, -0.2) is 0 Å². The number of fused-ring (bicyclic) bond motifs is 1. The molecule has 0 saturated carbocycles. The highest BCUT2D eigenvalue weighted by molar-refractivity contribution is 9.11. The average molecular weight is 363 g/mol. The molecule has 0 fully saturated rings. The topological polar surface area (TPSA) is 36.4 Å². The van der Waals surface area contributed by atoms with Crippen LogP contribution in [0.4, 0.5) is 5.69 Å². The minimum atomic E-state index is -0.0460. The molecule has 0 spiro atoms. The Bertz CT molecular complexity index is 772. The Labute approximate surface area is 136 Å². The molecular formula is C16H15BrN2OS. The maximum Gasteiger partial charge on any atom is 0.0854 e. The van der Waals surface area contributed by atoms with Crippen LogP contribution in [0.5, 0.6) is 0 Å². The number of pyridine rings is 1. The van der Waals surface area contributed by atoms with Gasteiger partial charge in [0.2, 0.25) is 0 Å². The molecule has 3 nitrogen and oxygen atoms in total. The van der Waals surface area contributed by atoms with E-state index < -0.39 is 0 Å². The van der Waals surface area contributed by atoms with Gasteiger partial charge in [-0.05, 0) is 45.1 Å². The monoisotopic (exact) mass is 362 g/mol. The van der Waals surface area contributed by atoms with Gasteiger partial charge in [0.05, 0.1) is 21.6 Å². The molecule has 3 rings (SSSR count). The van der Waals surface area contributed by atoms with Gasteiger partial charge in [-0.3, -0.25) is 4.98 Å². The molecule has 0 atom stereocenters. The Hall–Kier alpha value is -1.43. The first-order valence-electron chi connectivity index (χ1n) is 6.61. The Morgan fingerprint density at radius 1 is 1.29 bits per heavy atom. The predicted octanol–water partition coefficient (Wildman–Crippen LogP) is 4.19. The van der Waals surface area contributed by atoms with Crippen LogP contribution in [0.3, 0.4) is 0 Å². The standard InChI is InChI=1S/C16H15BrN2OS/c1-19(8-11-6-16(17)21-10-11)15-7-12(9-20)18-14-5-3-2-4-13(14)15/h2-7,10,20H,8-9H2,1H3. The summed E-state index contributed by atoms with van der Waals surface area (Å²) >= 11 is 5.19. The molecular weight excluding hydrogens is 348 g/mol. The number of nitrogens with zero attached hydrogens (tertiary/aromatic N) is 2. The minimum Gasteiger partial charge on any atom is -0.390 e. The van der Waals surface area contributed by atoms with E-state index in [2.05, 4.69) is 50.4 Å². The first kappa shape index (κ1) is 14.5. The summed E-state index contributed by atoms with van der Waals surface area (Å²) in [6, 6.07) is 12.1. The molecule has 1 N–H and O–H groups in total. The molecule has 21 heavy (non-hydrogen) atoms. The second-order valence-electron chi connectivity index (χ2n) is 4.92. The fourth-order valence-corrected chi connectivity index (χ4v) is 3.60. The molecule has 0 aliphatic rings. The number of halogens is 1. The van der Waals surface area contributed by atoms with Gasteiger partial charge in [0.15, 0.2) is 0 Å². The second-order valence-corrected chi connectivity index (χ2v) is 7.21. The van der Waals surface area contributed by atoms with Crippen molar-refractivity contribution in [3.8, 4) is 0 Å². The van der Waals surface area contributed by atoms with E-state index in [9.17, 15) is 5.11 Å². The molecule has 0 aliphatic heterocycles. The summed E-state index contributed by atoms with van der Waals surface area (Å²) in [4.78, 5) is 6.66. The van der Waals surface area contributed by atoms with Crippen molar-refractivity contribution < 1.29 is 5.11 Å². The average Bonchev–Trinajstić information content (AvgIpc) is 2.91. The highest BCUT2D eigenvalue weighted by Crippen LogP contribution is 2.28. The van der Waals surface area contributed by atoms with E-state index in [0.29, 0.717) is 5.69 Å². The summed E-state index contributed by atoms with van der Waals surface area (Å²) < 4.78 is 1.14. The first-order valence-corrected chi connectivity index (χ1v) is 8.28. The third kappa shape index (κ3) is 3.10. The summed E-state index contributed by atoms with van der Waals surface area (Å²) in [6.07, 6.45) is 0. The summed E-state index contributed by atoms with van der Waals surface area (Å²) in [5.41, 5.74) is 3.97. The van der Waals surface area contributed by atoms with Crippen LogP contribution in [-0.4, -0.2) is 17.1 Å². The van der Waals surface area contributed by atoms with E-state index in [1.54, 1.807) is 11.3 Å². The molecule has 108 valence electrons. The number of anilines is 1. The number of aliphatic hydroxyl groups is 1. The van der Waals surface area contributed by atoms with E-state index in [0.717, 1.165) is 26.9 Å². The van der Waals surface area contributed by atoms with Gasteiger partial charge in [-0.2, -0.15) is 0 Å². The molecule has 1 aromatic carbocycles. The fourth-order valence-electron chi connectivity index (χ4n) is 2.39. The SMILES string of the molecule is CN(Cc1csc(Br)c1)c1cc(CO)nc2ccccc12. The normalized spacial score (nSPS) is 11.0. The van der Waals surface area contributed by atoms with Gasteiger partial charge in [0, 0.05) is 24.7 Å². The van der Waals surface area contributed by atoms with E-state index in [-0.39, 0.29) is 6.61 Å². The number of hydrogen-bond donors (Lipinski definition) is 1. The van der Waals surface area contributed by atoms with Crippen LogP contribution in [0, 0.1) is 0 Å². The Morgan fingerprint density at radius 3 is 2.81 bits per heavy atom. The summed E-state index contributed by atoms with van der Waals surface area (Å²) in [7, 11) is 2.06. The Morgan fingerprint density at radius 2 is 2.10 bits per heavy atom. The van der Waals surface area contributed by atoms with Crippen LogP contribution in [0.1, 0.15) is 11.3 Å². The number of aliphatic hydroxyl groups excluding tert-OH is 1. The van der Waals surface area contributed by atoms with E-state index >= 15 is 0 Å². The third-order valence-corrected chi connectivity index (χ3v) is 4.92. The largest absolute Gasteiger partial charge is 0.390 e. The lowest BCUT2D eigenvalue weighted by Crippen LogP contribution is -2.17. The zero-order valence-electron chi connectivity index (χ0n) is 11.6. The van der Waals surface area contributed by atoms with Crippen molar-refractivity contribution in [3.63, 3.8) is 0 Å². The Balaban J connectivity index is 2.01. The number of thiophene rings is 1. The maximum absolute atomic E-state index is 9.41. The zero-order chi connectivity index (χ0) is 14.8. The quantitative estimate of drug-likeness (QED) is 0.755. The van der Waals surface area contributed by atoms with Crippen molar-refractivity contribution in [1.29, 1.82) is 0 Å². The van der Waals surface area contributed by atoms with E-state index in [1.165, 1.54) is 5.56 Å². The first-order chi connectivity index (χ1) is 10.2. The fraction of sp³-hybridized carbons (Fsp3) is 0.188. The molecule has 5 heteroatoms. The Kier molecular flexibility index (Phi) is 4.24. The number of para-hydroxylation sites is 1. The van der Waals surface area contributed by atoms with Crippen LogP contribution >= 0.6 is 27.3 Å². The van der Waals surface area contributed by atoms with Crippen molar-refractivity contribution in [2.75, 3.05) is 11.9 Å². The lowest BCUT2D eigenvalue weighted by Gasteiger charge is -2.21. The van der Waals surface area contributed by atoms with Crippen molar-refractivity contribution in [2.45, 2.75) is 13.2 Å². The summed E-state index contributed by atoms with van der Waals surface area (Å²) in [6.45, 7) is 0.774. The number of aromatic nitrogens is 1. The smallest absolute Gasteiger partial charge is 0.0854 e. The van der Waals surface area contributed by atoms with Crippen molar-refractivity contribution in [3.05, 3.63) is 56.8 Å². The highest BCUT2D eigenvalue weighted by Gasteiger charge is 2.10. The molecule has 0 amide bonds.